The first-order valence-electron chi connectivity index (χ1n) is 8.34. The van der Waals surface area contributed by atoms with Crippen molar-refractivity contribution in [1.82, 2.24) is 10.2 Å². The van der Waals surface area contributed by atoms with Gasteiger partial charge in [0.2, 0.25) is 5.91 Å². The van der Waals surface area contributed by atoms with E-state index in [-0.39, 0.29) is 30.7 Å². The lowest BCUT2D eigenvalue weighted by atomic mass is 10.0. The van der Waals surface area contributed by atoms with Crippen molar-refractivity contribution in [2.75, 3.05) is 13.1 Å². The first-order chi connectivity index (χ1) is 10.5. The predicted molar refractivity (Wildman–Crippen MR) is 88.1 cm³/mol. The molecule has 126 valence electrons. The molecule has 0 aliphatic carbocycles. The van der Waals surface area contributed by atoms with Crippen LogP contribution in [0.25, 0.3) is 0 Å². The Morgan fingerprint density at radius 1 is 1.18 bits per heavy atom. The number of hydrogen-bond acceptors (Lipinski definition) is 3. The summed E-state index contributed by atoms with van der Waals surface area (Å²) in [6.45, 7) is 9.23. The smallest absolute Gasteiger partial charge is 0.253 e. The van der Waals surface area contributed by atoms with Crippen molar-refractivity contribution >= 4 is 17.7 Å². The third kappa shape index (κ3) is 7.96. The molecule has 1 unspecified atom stereocenters. The Kier molecular flexibility index (Phi) is 11.1. The molecular weight excluding hydrogens is 280 g/mol. The number of amides is 3. The molecule has 1 N–H and O–H groups in total. The summed E-state index contributed by atoms with van der Waals surface area (Å²) in [5.41, 5.74) is 0. The van der Waals surface area contributed by atoms with Crippen LogP contribution in [0.5, 0.6) is 0 Å². The minimum atomic E-state index is -0.337. The van der Waals surface area contributed by atoms with Crippen molar-refractivity contribution in [3.05, 3.63) is 12.2 Å². The van der Waals surface area contributed by atoms with Crippen LogP contribution in [0.2, 0.25) is 0 Å². The molecule has 0 radical (unpaired) electrons. The molecule has 22 heavy (non-hydrogen) atoms. The number of unbranched alkanes of at least 4 members (excludes halogenated alkanes) is 1. The normalized spacial score (nSPS) is 14.6. The van der Waals surface area contributed by atoms with Crippen LogP contribution in [0.1, 0.15) is 59.8 Å². The van der Waals surface area contributed by atoms with Crippen molar-refractivity contribution in [3.63, 3.8) is 0 Å². The zero-order chi connectivity index (χ0) is 17.0. The highest BCUT2D eigenvalue weighted by atomic mass is 16.2. The molecule has 3 amide bonds. The van der Waals surface area contributed by atoms with Gasteiger partial charge in [-0.2, -0.15) is 0 Å². The van der Waals surface area contributed by atoms with Gasteiger partial charge in [0.05, 0.1) is 0 Å². The molecule has 0 saturated carbocycles. The molecular formula is C17H30N2O3. The maximum Gasteiger partial charge on any atom is 0.253 e. The van der Waals surface area contributed by atoms with E-state index in [4.69, 9.17) is 0 Å². The molecule has 0 aromatic carbocycles. The van der Waals surface area contributed by atoms with E-state index in [1.54, 1.807) is 0 Å². The van der Waals surface area contributed by atoms with Gasteiger partial charge in [0.15, 0.2) is 0 Å². The lowest BCUT2D eigenvalue weighted by molar-refractivity contribution is -0.137. The number of rotatable bonds is 9. The fourth-order valence-electron chi connectivity index (χ4n) is 2.00. The fourth-order valence-corrected chi connectivity index (χ4v) is 2.00. The summed E-state index contributed by atoms with van der Waals surface area (Å²) in [5.74, 6) is -0.0425. The lowest BCUT2D eigenvalue weighted by Gasteiger charge is -2.13. The van der Waals surface area contributed by atoms with Gasteiger partial charge in [0.1, 0.15) is 0 Å². The van der Waals surface area contributed by atoms with Crippen molar-refractivity contribution in [3.8, 4) is 0 Å². The lowest BCUT2D eigenvalue weighted by Crippen LogP contribution is -2.34. The Bertz CT molecular complexity index is 373. The fraction of sp³-hybridized carbons (Fsp3) is 0.706. The molecule has 1 aliphatic heterocycles. The number of carbonyl (C=O) groups excluding carboxylic acids is 3. The number of nitrogens with one attached hydrogen (secondary N) is 1. The average molecular weight is 310 g/mol. The van der Waals surface area contributed by atoms with Gasteiger partial charge in [-0.05, 0) is 12.3 Å². The molecule has 5 heteroatoms. The Morgan fingerprint density at radius 2 is 1.77 bits per heavy atom. The summed E-state index contributed by atoms with van der Waals surface area (Å²) in [6.07, 6.45) is 7.10. The van der Waals surface area contributed by atoms with Gasteiger partial charge in [0.25, 0.3) is 11.8 Å². The Morgan fingerprint density at radius 3 is 2.32 bits per heavy atom. The summed E-state index contributed by atoms with van der Waals surface area (Å²) in [4.78, 5) is 35.2. The summed E-state index contributed by atoms with van der Waals surface area (Å²) >= 11 is 0. The van der Waals surface area contributed by atoms with Crippen molar-refractivity contribution in [2.45, 2.75) is 59.8 Å². The first kappa shape index (κ1) is 20.3. The molecule has 1 aliphatic rings. The van der Waals surface area contributed by atoms with Gasteiger partial charge in [-0.25, -0.2) is 0 Å². The molecule has 1 heterocycles. The average Bonchev–Trinajstić information content (AvgIpc) is 2.85. The summed E-state index contributed by atoms with van der Waals surface area (Å²) in [6, 6.07) is 0. The molecule has 0 aromatic heterocycles. The molecule has 0 fully saturated rings. The summed E-state index contributed by atoms with van der Waals surface area (Å²) < 4.78 is 0. The van der Waals surface area contributed by atoms with E-state index < -0.39 is 0 Å². The molecule has 0 spiro atoms. The third-order valence-electron chi connectivity index (χ3n) is 3.61. The van der Waals surface area contributed by atoms with Gasteiger partial charge in [-0.15, -0.1) is 0 Å². The number of carbonyl (C=O) groups is 3. The second kappa shape index (κ2) is 12.0. The monoisotopic (exact) mass is 310 g/mol. The topological polar surface area (TPSA) is 66.5 Å². The van der Waals surface area contributed by atoms with E-state index in [1.165, 1.54) is 25.0 Å². The van der Waals surface area contributed by atoms with Gasteiger partial charge in [0, 0.05) is 31.7 Å². The standard InChI is InChI=1S/C15H24N2O3.C2H6/c1-3-12(2)6-4-5-10-16-13(18)9-11-17-14(19)7-8-15(17)20;1-2/h7-8,12H,3-6,9-11H2,1-2H3,(H,16,18);1-2H3. The molecule has 5 nitrogen and oxygen atoms in total. The molecule has 1 atom stereocenters. The Hall–Kier alpha value is -1.65. The van der Waals surface area contributed by atoms with Crippen LogP contribution < -0.4 is 5.32 Å². The number of hydrogen-bond donors (Lipinski definition) is 1. The second-order valence-electron chi connectivity index (χ2n) is 5.27. The van der Waals surface area contributed by atoms with E-state index in [1.807, 2.05) is 13.8 Å². The molecule has 1 rings (SSSR count). The van der Waals surface area contributed by atoms with Crippen molar-refractivity contribution in [1.29, 1.82) is 0 Å². The van der Waals surface area contributed by atoms with E-state index in [2.05, 4.69) is 19.2 Å². The van der Waals surface area contributed by atoms with Crippen LogP contribution in [-0.2, 0) is 14.4 Å². The minimum Gasteiger partial charge on any atom is -0.356 e. The zero-order valence-corrected chi connectivity index (χ0v) is 14.4. The van der Waals surface area contributed by atoms with Crippen LogP contribution in [-0.4, -0.2) is 35.7 Å². The SMILES string of the molecule is CC.CCC(C)CCCCNC(=O)CCN1C(=O)C=CC1=O. The van der Waals surface area contributed by atoms with Gasteiger partial charge in [-0.3, -0.25) is 19.3 Å². The number of imide groups is 1. The largest absolute Gasteiger partial charge is 0.356 e. The van der Waals surface area contributed by atoms with Crippen LogP contribution in [0.15, 0.2) is 12.2 Å². The van der Waals surface area contributed by atoms with Crippen LogP contribution in [0, 0.1) is 5.92 Å². The van der Waals surface area contributed by atoms with Gasteiger partial charge < -0.3 is 5.32 Å². The highest BCUT2D eigenvalue weighted by molar-refractivity contribution is 6.13. The zero-order valence-electron chi connectivity index (χ0n) is 14.4. The van der Waals surface area contributed by atoms with E-state index in [9.17, 15) is 14.4 Å². The maximum absolute atomic E-state index is 11.6. The third-order valence-corrected chi connectivity index (χ3v) is 3.61. The van der Waals surface area contributed by atoms with Crippen molar-refractivity contribution < 1.29 is 14.4 Å². The Labute approximate surface area is 134 Å². The highest BCUT2D eigenvalue weighted by Crippen LogP contribution is 2.10. The van der Waals surface area contributed by atoms with Crippen LogP contribution in [0.4, 0.5) is 0 Å². The summed E-state index contributed by atoms with van der Waals surface area (Å²) in [7, 11) is 0. The highest BCUT2D eigenvalue weighted by Gasteiger charge is 2.23. The first-order valence-corrected chi connectivity index (χ1v) is 8.34. The molecule has 0 aromatic rings. The quantitative estimate of drug-likeness (QED) is 0.526. The minimum absolute atomic E-state index is 0.110. The van der Waals surface area contributed by atoms with Crippen molar-refractivity contribution in [2.24, 2.45) is 5.92 Å². The van der Waals surface area contributed by atoms with Gasteiger partial charge in [-0.1, -0.05) is 47.0 Å². The maximum atomic E-state index is 11.6. The number of nitrogens with zero attached hydrogens (tertiary/aromatic N) is 1. The van der Waals surface area contributed by atoms with E-state index in [0.717, 1.165) is 23.7 Å². The molecule has 0 saturated heterocycles. The predicted octanol–water partition coefficient (Wildman–Crippen LogP) is 2.66. The summed E-state index contributed by atoms with van der Waals surface area (Å²) in [5, 5.41) is 2.82. The molecule has 0 bridgehead atoms. The second-order valence-corrected chi connectivity index (χ2v) is 5.27. The Balaban J connectivity index is 0.00000211. The van der Waals surface area contributed by atoms with E-state index in [0.29, 0.717) is 6.54 Å². The van der Waals surface area contributed by atoms with Crippen LogP contribution in [0.3, 0.4) is 0 Å². The van der Waals surface area contributed by atoms with E-state index >= 15 is 0 Å². The van der Waals surface area contributed by atoms with Crippen LogP contribution >= 0.6 is 0 Å². The van der Waals surface area contributed by atoms with Gasteiger partial charge >= 0.3 is 0 Å².